The number of aromatic nitrogens is 5. The lowest BCUT2D eigenvalue weighted by Crippen LogP contribution is -2.42. The van der Waals surface area contributed by atoms with Crippen molar-refractivity contribution in [1.82, 2.24) is 29.3 Å². The standard InChI is InChI=1S/C19H21F3N6O.C6H8O7/c1-4-12-8-16(19(20,21)22)28-17(24-12)9-14(25-28)15-6-5-7-27(15)18(29)13-10-23-26(3)11(13)2;7-3(8)1-6(13,5(11)12)2-4(9)10/h8-10,15H,4-7H2,1-3H3;13H,1-2H2,(H,7,8)(H,9,10)(H,11,12). The van der Waals surface area contributed by atoms with Crippen LogP contribution in [0.2, 0.25) is 0 Å². The molecule has 1 fully saturated rings. The molecule has 0 radical (unpaired) electrons. The number of hydrogen-bond acceptors (Lipinski definition) is 8. The minimum atomic E-state index is -4.55. The van der Waals surface area contributed by atoms with Crippen LogP contribution < -0.4 is 0 Å². The molecule has 1 saturated heterocycles. The Kier molecular flexibility index (Phi) is 9.24. The summed E-state index contributed by atoms with van der Waals surface area (Å²) >= 11 is 0. The van der Waals surface area contributed by atoms with Crippen molar-refractivity contribution in [2.45, 2.75) is 63.8 Å². The maximum absolute atomic E-state index is 13.5. The number of aryl methyl sites for hydroxylation is 2. The summed E-state index contributed by atoms with van der Waals surface area (Å²) < 4.78 is 43.1. The van der Waals surface area contributed by atoms with Crippen LogP contribution in [0.25, 0.3) is 5.65 Å². The molecule has 0 saturated carbocycles. The number of carboxylic acid groups (broad SMARTS) is 3. The van der Waals surface area contributed by atoms with E-state index in [9.17, 15) is 32.3 Å². The highest BCUT2D eigenvalue weighted by Gasteiger charge is 2.41. The van der Waals surface area contributed by atoms with Crippen molar-refractivity contribution in [3.63, 3.8) is 0 Å². The molecule has 0 bridgehead atoms. The maximum Gasteiger partial charge on any atom is 0.433 e. The van der Waals surface area contributed by atoms with Crippen molar-refractivity contribution < 1.29 is 52.8 Å². The normalized spacial score (nSPS) is 15.4. The van der Waals surface area contributed by atoms with E-state index in [-0.39, 0.29) is 11.6 Å². The molecule has 4 heterocycles. The van der Waals surface area contributed by atoms with E-state index >= 15 is 0 Å². The average Bonchev–Trinajstić information content (AvgIpc) is 3.60. The third kappa shape index (κ3) is 6.84. The van der Waals surface area contributed by atoms with Gasteiger partial charge < -0.3 is 25.3 Å². The van der Waals surface area contributed by atoms with Crippen molar-refractivity contribution in [2.24, 2.45) is 7.05 Å². The Hall–Kier alpha value is -4.54. The first kappa shape index (κ1) is 32.0. The second kappa shape index (κ2) is 12.1. The van der Waals surface area contributed by atoms with E-state index in [0.29, 0.717) is 36.3 Å². The van der Waals surface area contributed by atoms with Gasteiger partial charge in [0, 0.05) is 31.0 Å². The molecule has 1 aliphatic rings. The molecule has 1 unspecified atom stereocenters. The number of carboxylic acids is 3. The van der Waals surface area contributed by atoms with Crippen molar-refractivity contribution in [3.05, 3.63) is 46.7 Å². The molecular weight excluding hydrogens is 569 g/mol. The predicted molar refractivity (Wildman–Crippen MR) is 135 cm³/mol. The Morgan fingerprint density at radius 1 is 1.07 bits per heavy atom. The van der Waals surface area contributed by atoms with Gasteiger partial charge in [0.1, 0.15) is 5.69 Å². The number of carbonyl (C=O) groups excluding carboxylic acids is 1. The van der Waals surface area contributed by atoms with Crippen LogP contribution in [0.1, 0.15) is 71.8 Å². The zero-order chi connectivity index (χ0) is 31.6. The Morgan fingerprint density at radius 2 is 1.69 bits per heavy atom. The molecule has 4 N–H and O–H groups in total. The van der Waals surface area contributed by atoms with Crippen molar-refractivity contribution in [3.8, 4) is 0 Å². The van der Waals surface area contributed by atoms with Gasteiger partial charge in [-0.2, -0.15) is 23.4 Å². The highest BCUT2D eigenvalue weighted by atomic mass is 19.4. The molecule has 17 heteroatoms. The summed E-state index contributed by atoms with van der Waals surface area (Å²) in [6, 6.07) is 2.19. The van der Waals surface area contributed by atoms with Crippen molar-refractivity contribution in [2.75, 3.05) is 6.54 Å². The highest BCUT2D eigenvalue weighted by molar-refractivity contribution is 5.95. The summed E-state index contributed by atoms with van der Waals surface area (Å²) in [7, 11) is 1.76. The van der Waals surface area contributed by atoms with E-state index in [2.05, 4.69) is 15.2 Å². The van der Waals surface area contributed by atoms with Crippen molar-refractivity contribution >= 4 is 29.5 Å². The zero-order valence-electron chi connectivity index (χ0n) is 22.8. The van der Waals surface area contributed by atoms with Gasteiger partial charge in [0.15, 0.2) is 11.2 Å². The lowest BCUT2D eigenvalue weighted by atomic mass is 9.96. The highest BCUT2D eigenvalue weighted by Crippen LogP contribution is 2.35. The lowest BCUT2D eigenvalue weighted by Gasteiger charge is -2.23. The van der Waals surface area contributed by atoms with Gasteiger partial charge in [0.2, 0.25) is 0 Å². The van der Waals surface area contributed by atoms with Gasteiger partial charge >= 0.3 is 24.1 Å². The quantitative estimate of drug-likeness (QED) is 0.296. The third-order valence-corrected chi connectivity index (χ3v) is 6.76. The number of fused-ring (bicyclic) bond motifs is 1. The maximum atomic E-state index is 13.5. The molecule has 228 valence electrons. The van der Waals surface area contributed by atoms with E-state index in [1.54, 1.807) is 29.6 Å². The molecule has 3 aromatic heterocycles. The van der Waals surface area contributed by atoms with Crippen LogP contribution in [-0.2, 0) is 34.0 Å². The summed E-state index contributed by atoms with van der Waals surface area (Å²) in [5.41, 5.74) is -1.45. The Labute approximate surface area is 236 Å². The summed E-state index contributed by atoms with van der Waals surface area (Å²) in [6.07, 6.45) is -3.54. The van der Waals surface area contributed by atoms with Gasteiger partial charge in [0.05, 0.1) is 36.3 Å². The number of likely N-dealkylation sites (tertiary alicyclic amines) is 1. The molecule has 3 aromatic rings. The Morgan fingerprint density at radius 3 is 2.17 bits per heavy atom. The number of nitrogens with zero attached hydrogens (tertiary/aromatic N) is 6. The monoisotopic (exact) mass is 598 g/mol. The van der Waals surface area contributed by atoms with Gasteiger partial charge in [-0.05, 0) is 32.3 Å². The second-order valence-corrected chi connectivity index (χ2v) is 9.72. The first-order valence-electron chi connectivity index (χ1n) is 12.6. The molecule has 1 amide bonds. The topological polar surface area (TPSA) is 200 Å². The van der Waals surface area contributed by atoms with Gasteiger partial charge in [0.25, 0.3) is 5.91 Å². The van der Waals surface area contributed by atoms with E-state index in [1.165, 1.54) is 6.20 Å². The SMILES string of the molecule is CCc1cc(C(F)(F)F)n2nc(C3CCCN3C(=O)c3cnn(C)c3C)cc2n1.O=C(O)CC(O)(CC(=O)O)C(=O)O. The molecule has 0 spiro atoms. The van der Waals surface area contributed by atoms with Crippen LogP contribution in [0.5, 0.6) is 0 Å². The summed E-state index contributed by atoms with van der Waals surface area (Å²) in [4.78, 5) is 49.5. The number of carbonyl (C=O) groups is 4. The van der Waals surface area contributed by atoms with Crippen LogP contribution in [0, 0.1) is 6.92 Å². The number of rotatable bonds is 8. The molecule has 1 aliphatic heterocycles. The zero-order valence-corrected chi connectivity index (χ0v) is 22.8. The summed E-state index contributed by atoms with van der Waals surface area (Å²) in [5, 5.41) is 42.1. The fourth-order valence-corrected chi connectivity index (χ4v) is 4.48. The van der Waals surface area contributed by atoms with Crippen molar-refractivity contribution in [1.29, 1.82) is 0 Å². The predicted octanol–water partition coefficient (Wildman–Crippen LogP) is 2.08. The van der Waals surface area contributed by atoms with E-state index in [0.717, 1.165) is 22.7 Å². The van der Waals surface area contributed by atoms with Crippen LogP contribution in [0.4, 0.5) is 13.2 Å². The minimum Gasteiger partial charge on any atom is -0.481 e. The minimum absolute atomic E-state index is 0.142. The van der Waals surface area contributed by atoms with Gasteiger partial charge in [-0.25, -0.2) is 14.3 Å². The van der Waals surface area contributed by atoms with E-state index < -0.39 is 54.3 Å². The fraction of sp³-hybridized carbons (Fsp3) is 0.480. The second-order valence-electron chi connectivity index (χ2n) is 9.72. The number of halogens is 3. The average molecular weight is 599 g/mol. The van der Waals surface area contributed by atoms with Gasteiger partial charge in [-0.15, -0.1) is 0 Å². The largest absolute Gasteiger partial charge is 0.481 e. The Balaban J connectivity index is 0.000000316. The number of alkyl halides is 3. The van der Waals surface area contributed by atoms with E-state index in [1.807, 2.05) is 6.92 Å². The molecule has 0 aromatic carbocycles. The Bertz CT molecular complexity index is 1500. The lowest BCUT2D eigenvalue weighted by molar-refractivity contribution is -0.170. The number of aliphatic carboxylic acids is 3. The summed E-state index contributed by atoms with van der Waals surface area (Å²) in [5.74, 6) is -5.21. The first-order valence-corrected chi connectivity index (χ1v) is 12.6. The first-order chi connectivity index (χ1) is 19.5. The smallest absolute Gasteiger partial charge is 0.433 e. The third-order valence-electron chi connectivity index (χ3n) is 6.76. The van der Waals surface area contributed by atoms with Gasteiger partial charge in [-0.3, -0.25) is 19.1 Å². The molecular formula is C25H29F3N6O8. The molecule has 4 rings (SSSR count). The summed E-state index contributed by atoms with van der Waals surface area (Å²) in [6.45, 7) is 4.08. The fourth-order valence-electron chi connectivity index (χ4n) is 4.48. The van der Waals surface area contributed by atoms with Crippen LogP contribution >= 0.6 is 0 Å². The number of aliphatic hydroxyl groups is 1. The van der Waals surface area contributed by atoms with Gasteiger partial charge in [-0.1, -0.05) is 6.92 Å². The van der Waals surface area contributed by atoms with E-state index in [4.69, 9.17) is 20.4 Å². The number of amides is 1. The van der Waals surface area contributed by atoms with Crippen LogP contribution in [-0.4, -0.2) is 85.7 Å². The molecule has 1 atom stereocenters. The van der Waals surface area contributed by atoms with Crippen LogP contribution in [0.3, 0.4) is 0 Å². The molecule has 42 heavy (non-hydrogen) atoms. The van der Waals surface area contributed by atoms with Crippen LogP contribution in [0.15, 0.2) is 18.3 Å². The number of hydrogen-bond donors (Lipinski definition) is 4. The molecule has 0 aliphatic carbocycles. The molecule has 14 nitrogen and oxygen atoms in total.